The number of carbonyl (C=O) groups is 1. The van der Waals surface area contributed by atoms with Crippen molar-refractivity contribution in [1.82, 2.24) is 9.62 Å². The quantitative estimate of drug-likeness (QED) is 0.734. The number of rotatable bonds is 5. The van der Waals surface area contributed by atoms with E-state index in [1.54, 1.807) is 33.8 Å². The molecule has 0 unspecified atom stereocenters. The van der Waals surface area contributed by atoms with Crippen LogP contribution in [-0.4, -0.2) is 55.3 Å². The van der Waals surface area contributed by atoms with E-state index in [4.69, 9.17) is 4.74 Å². The molecule has 0 saturated carbocycles. The predicted octanol–water partition coefficient (Wildman–Crippen LogP) is 2.63. The van der Waals surface area contributed by atoms with Crippen LogP contribution in [0.3, 0.4) is 0 Å². The monoisotopic (exact) mass is 435 g/mol. The number of carbonyl (C=O) groups excluding carboxylic acids is 1. The van der Waals surface area contributed by atoms with Crippen LogP contribution in [0.2, 0.25) is 0 Å². The molecule has 1 aromatic rings. The van der Waals surface area contributed by atoms with Crippen LogP contribution < -0.4 is 5.32 Å². The molecule has 1 saturated heterocycles. The third-order valence-corrected chi connectivity index (χ3v) is 6.50. The number of hydrogen-bond acceptors (Lipinski definition) is 6. The third kappa shape index (κ3) is 6.29. The fraction of sp³-hybridized carbons (Fsp3) is 0.524. The van der Waals surface area contributed by atoms with Crippen LogP contribution in [0.5, 0.6) is 0 Å². The average molecular weight is 436 g/mol. The number of aliphatic hydroxyl groups is 1. The van der Waals surface area contributed by atoms with Gasteiger partial charge in [0.2, 0.25) is 10.0 Å². The summed E-state index contributed by atoms with van der Waals surface area (Å²) in [5.41, 5.74) is 0.813. The Hall–Kier alpha value is -2.41. The SMILES string of the molecule is C/C(=C\c1cc(S(=O)(=O)N2CCC(NC(=O)OC(C)(C)C)CC2)ccc1C#N)CO. The van der Waals surface area contributed by atoms with Gasteiger partial charge in [0.1, 0.15) is 5.60 Å². The number of hydrogen-bond donors (Lipinski definition) is 2. The number of aliphatic hydroxyl groups excluding tert-OH is 1. The van der Waals surface area contributed by atoms with Crippen LogP contribution in [0.15, 0.2) is 28.7 Å². The van der Waals surface area contributed by atoms with E-state index in [2.05, 4.69) is 5.32 Å². The van der Waals surface area contributed by atoms with Gasteiger partial charge in [0.25, 0.3) is 0 Å². The fourth-order valence-electron chi connectivity index (χ4n) is 3.10. The maximum Gasteiger partial charge on any atom is 0.407 e. The summed E-state index contributed by atoms with van der Waals surface area (Å²) in [5, 5.41) is 21.3. The zero-order valence-electron chi connectivity index (χ0n) is 17.8. The Labute approximate surface area is 178 Å². The lowest BCUT2D eigenvalue weighted by atomic mass is 10.1. The van der Waals surface area contributed by atoms with E-state index in [1.807, 2.05) is 6.07 Å². The van der Waals surface area contributed by atoms with Gasteiger partial charge in [0, 0.05) is 19.1 Å². The summed E-state index contributed by atoms with van der Waals surface area (Å²) in [6.45, 7) is 7.40. The Morgan fingerprint density at radius 2 is 2.00 bits per heavy atom. The van der Waals surface area contributed by atoms with E-state index < -0.39 is 21.7 Å². The van der Waals surface area contributed by atoms with Crippen molar-refractivity contribution in [3.63, 3.8) is 0 Å². The van der Waals surface area contributed by atoms with Gasteiger partial charge in [0.05, 0.1) is 23.1 Å². The normalized spacial score (nSPS) is 16.7. The molecule has 8 nitrogen and oxygen atoms in total. The highest BCUT2D eigenvalue weighted by molar-refractivity contribution is 7.89. The number of nitrogens with zero attached hydrogens (tertiary/aromatic N) is 2. The van der Waals surface area contributed by atoms with Crippen LogP contribution in [0.4, 0.5) is 4.79 Å². The molecule has 2 rings (SSSR count). The molecule has 1 aromatic carbocycles. The lowest BCUT2D eigenvalue weighted by Crippen LogP contribution is -2.47. The van der Waals surface area contributed by atoms with Gasteiger partial charge in [-0.25, -0.2) is 13.2 Å². The smallest absolute Gasteiger partial charge is 0.407 e. The van der Waals surface area contributed by atoms with Crippen molar-refractivity contribution < 1.29 is 23.1 Å². The molecule has 30 heavy (non-hydrogen) atoms. The third-order valence-electron chi connectivity index (χ3n) is 4.61. The number of sulfonamides is 1. The van der Waals surface area contributed by atoms with Gasteiger partial charge in [-0.3, -0.25) is 0 Å². The highest BCUT2D eigenvalue weighted by Gasteiger charge is 2.31. The second-order valence-electron chi connectivity index (χ2n) is 8.33. The van der Waals surface area contributed by atoms with Gasteiger partial charge in [-0.1, -0.05) is 6.08 Å². The molecule has 1 amide bonds. The van der Waals surface area contributed by atoms with E-state index in [1.165, 1.54) is 22.5 Å². The van der Waals surface area contributed by atoms with Crippen molar-refractivity contribution in [3.8, 4) is 6.07 Å². The average Bonchev–Trinajstić information content (AvgIpc) is 2.66. The summed E-state index contributed by atoms with van der Waals surface area (Å²) in [5.74, 6) is 0. The van der Waals surface area contributed by atoms with Gasteiger partial charge in [-0.2, -0.15) is 9.57 Å². The Morgan fingerprint density at radius 3 is 2.53 bits per heavy atom. The minimum atomic E-state index is -3.74. The summed E-state index contributed by atoms with van der Waals surface area (Å²) < 4.78 is 32.8. The van der Waals surface area contributed by atoms with Crippen molar-refractivity contribution in [3.05, 3.63) is 34.9 Å². The number of nitriles is 1. The molecule has 1 fully saturated rings. The molecular weight excluding hydrogens is 406 g/mol. The molecule has 2 N–H and O–H groups in total. The van der Waals surface area contributed by atoms with Crippen molar-refractivity contribution in [2.24, 2.45) is 0 Å². The lowest BCUT2D eigenvalue weighted by molar-refractivity contribution is 0.0489. The molecule has 9 heteroatoms. The molecule has 0 aliphatic carbocycles. The van der Waals surface area contributed by atoms with Crippen molar-refractivity contribution in [2.45, 2.75) is 57.1 Å². The summed E-state index contributed by atoms with van der Waals surface area (Å²) in [4.78, 5) is 12.0. The summed E-state index contributed by atoms with van der Waals surface area (Å²) >= 11 is 0. The van der Waals surface area contributed by atoms with E-state index in [9.17, 15) is 23.6 Å². The second-order valence-corrected chi connectivity index (χ2v) is 10.3. The van der Waals surface area contributed by atoms with Gasteiger partial charge < -0.3 is 15.2 Å². The van der Waals surface area contributed by atoms with E-state index in [0.717, 1.165) is 0 Å². The molecule has 0 atom stereocenters. The van der Waals surface area contributed by atoms with Gasteiger partial charge >= 0.3 is 6.09 Å². The Morgan fingerprint density at radius 1 is 1.37 bits per heavy atom. The second kappa shape index (κ2) is 9.60. The zero-order chi connectivity index (χ0) is 22.5. The molecular formula is C21H29N3O5S. The standard InChI is InChI=1S/C21H29N3O5S/c1-15(14-25)11-17-12-19(6-5-16(17)13-22)30(27,28)24-9-7-18(8-10-24)23-20(26)29-21(2,3)4/h5-6,11-12,18,25H,7-10,14H2,1-4H3,(H,23,26)/b15-11+. The van der Waals surface area contributed by atoms with Gasteiger partial charge in [0.15, 0.2) is 0 Å². The number of ether oxygens (including phenoxy) is 1. The summed E-state index contributed by atoms with van der Waals surface area (Å²) in [7, 11) is -3.74. The first-order valence-corrected chi connectivity index (χ1v) is 11.2. The number of nitrogens with one attached hydrogen (secondary N) is 1. The number of alkyl carbamates (subject to hydrolysis) is 1. The van der Waals surface area contributed by atoms with Crippen molar-refractivity contribution >= 4 is 22.2 Å². The first-order valence-electron chi connectivity index (χ1n) is 9.78. The van der Waals surface area contributed by atoms with E-state index in [0.29, 0.717) is 29.5 Å². The number of piperidine rings is 1. The van der Waals surface area contributed by atoms with E-state index in [-0.39, 0.29) is 30.6 Å². The van der Waals surface area contributed by atoms with Crippen LogP contribution in [0, 0.1) is 11.3 Å². The highest BCUT2D eigenvalue weighted by atomic mass is 32.2. The predicted molar refractivity (Wildman–Crippen MR) is 113 cm³/mol. The summed E-state index contributed by atoms with van der Waals surface area (Å²) in [6, 6.07) is 6.23. The molecule has 0 aromatic heterocycles. The minimum Gasteiger partial charge on any atom is -0.444 e. The first-order chi connectivity index (χ1) is 14.0. The number of amides is 1. The Balaban J connectivity index is 2.11. The molecule has 0 bridgehead atoms. The van der Waals surface area contributed by atoms with Gasteiger partial charge in [-0.15, -0.1) is 0 Å². The molecule has 0 spiro atoms. The van der Waals surface area contributed by atoms with Gasteiger partial charge in [-0.05, 0) is 69.9 Å². The van der Waals surface area contributed by atoms with Crippen LogP contribution in [0.25, 0.3) is 6.08 Å². The lowest BCUT2D eigenvalue weighted by Gasteiger charge is -2.32. The van der Waals surface area contributed by atoms with E-state index >= 15 is 0 Å². The maximum atomic E-state index is 13.1. The largest absolute Gasteiger partial charge is 0.444 e. The van der Waals surface area contributed by atoms with Crippen molar-refractivity contribution in [2.75, 3.05) is 19.7 Å². The molecule has 0 radical (unpaired) electrons. The number of benzene rings is 1. The molecule has 1 aliphatic rings. The topological polar surface area (TPSA) is 120 Å². The van der Waals surface area contributed by atoms with Crippen LogP contribution >= 0.6 is 0 Å². The maximum absolute atomic E-state index is 13.1. The highest BCUT2D eigenvalue weighted by Crippen LogP contribution is 2.24. The van der Waals surface area contributed by atoms with Crippen LogP contribution in [-0.2, 0) is 14.8 Å². The van der Waals surface area contributed by atoms with Crippen LogP contribution in [0.1, 0.15) is 51.7 Å². The molecule has 164 valence electrons. The molecule has 1 aliphatic heterocycles. The Bertz CT molecular complexity index is 950. The zero-order valence-corrected chi connectivity index (χ0v) is 18.6. The van der Waals surface area contributed by atoms with Crippen molar-refractivity contribution in [1.29, 1.82) is 5.26 Å². The Kier molecular flexibility index (Phi) is 7.64. The summed E-state index contributed by atoms with van der Waals surface area (Å²) in [6.07, 6.45) is 2.05. The minimum absolute atomic E-state index is 0.0945. The molecule has 1 heterocycles. The first kappa shape index (κ1) is 23.9. The fourth-order valence-corrected chi connectivity index (χ4v) is 4.60.